The molecule has 0 saturated carbocycles. The summed E-state index contributed by atoms with van der Waals surface area (Å²) in [6.45, 7) is 2.07. The second-order valence-electron chi connectivity index (χ2n) is 5.26. The van der Waals surface area contributed by atoms with E-state index in [1.165, 1.54) is 0 Å². The van der Waals surface area contributed by atoms with Crippen molar-refractivity contribution in [3.8, 4) is 5.75 Å². The van der Waals surface area contributed by atoms with Gasteiger partial charge in [0.05, 0.1) is 10.6 Å². The number of carbonyl (C=O) groups is 1. The van der Waals surface area contributed by atoms with Gasteiger partial charge in [0.1, 0.15) is 10.8 Å². The molecule has 0 unspecified atom stereocenters. The van der Waals surface area contributed by atoms with Gasteiger partial charge in [-0.25, -0.2) is 4.98 Å². The number of carbonyl (C=O) groups excluding carboxylic acids is 1. The fourth-order valence-corrected chi connectivity index (χ4v) is 2.99. The van der Waals surface area contributed by atoms with Crippen LogP contribution in [0.4, 0.5) is 13.2 Å². The Bertz CT molecular complexity index is 772. The Balaban J connectivity index is 1.73. The highest BCUT2D eigenvalue weighted by Crippen LogP contribution is 2.33. The van der Waals surface area contributed by atoms with E-state index < -0.39 is 11.7 Å². The third-order valence-corrected chi connectivity index (χ3v) is 4.66. The van der Waals surface area contributed by atoms with Gasteiger partial charge >= 0.3 is 6.18 Å². The zero-order valence-electron chi connectivity index (χ0n) is 13.8. The number of nitrogens with zero attached hydrogens (tertiary/aromatic N) is 1. The van der Waals surface area contributed by atoms with Crippen LogP contribution in [0.3, 0.4) is 0 Å². The highest BCUT2D eigenvalue weighted by molar-refractivity contribution is 7.99. The van der Waals surface area contributed by atoms with Crippen molar-refractivity contribution in [3.63, 3.8) is 0 Å². The van der Waals surface area contributed by atoms with E-state index in [0.717, 1.165) is 29.6 Å². The lowest BCUT2D eigenvalue weighted by atomic mass is 10.2. The van der Waals surface area contributed by atoms with Crippen molar-refractivity contribution in [2.75, 3.05) is 18.9 Å². The SMILES string of the molecule is Cc1ccccc1OCC(=O)NCCSc1ncc(C(F)(F)F)cc1Cl. The van der Waals surface area contributed by atoms with E-state index >= 15 is 0 Å². The maximum Gasteiger partial charge on any atom is 0.417 e. The van der Waals surface area contributed by atoms with Gasteiger partial charge in [0.15, 0.2) is 6.61 Å². The van der Waals surface area contributed by atoms with E-state index in [-0.39, 0.29) is 22.6 Å². The molecule has 0 fully saturated rings. The molecule has 1 N–H and O–H groups in total. The molecule has 1 heterocycles. The number of nitrogens with one attached hydrogen (secondary N) is 1. The number of hydrogen-bond donors (Lipinski definition) is 1. The summed E-state index contributed by atoms with van der Waals surface area (Å²) in [7, 11) is 0. The van der Waals surface area contributed by atoms with Gasteiger partial charge in [0.2, 0.25) is 0 Å². The van der Waals surface area contributed by atoms with Crippen molar-refractivity contribution in [2.24, 2.45) is 0 Å². The highest BCUT2D eigenvalue weighted by atomic mass is 35.5. The molecular weight excluding hydrogens is 389 g/mol. The fourth-order valence-electron chi connectivity index (χ4n) is 1.94. The number of pyridine rings is 1. The third-order valence-electron chi connectivity index (χ3n) is 3.25. The molecule has 0 atom stereocenters. The van der Waals surface area contributed by atoms with Gasteiger partial charge in [-0.15, -0.1) is 11.8 Å². The molecule has 26 heavy (non-hydrogen) atoms. The number of alkyl halides is 3. The summed E-state index contributed by atoms with van der Waals surface area (Å²) in [4.78, 5) is 15.5. The van der Waals surface area contributed by atoms with E-state index in [9.17, 15) is 18.0 Å². The Morgan fingerprint density at radius 3 is 2.73 bits per heavy atom. The fraction of sp³-hybridized carbons (Fsp3) is 0.294. The van der Waals surface area contributed by atoms with Crippen molar-refractivity contribution in [2.45, 2.75) is 18.1 Å². The molecule has 0 radical (unpaired) electrons. The minimum Gasteiger partial charge on any atom is -0.484 e. The van der Waals surface area contributed by atoms with Crippen LogP contribution in [-0.2, 0) is 11.0 Å². The molecule has 0 spiro atoms. The van der Waals surface area contributed by atoms with Crippen LogP contribution in [0.25, 0.3) is 0 Å². The Morgan fingerprint density at radius 1 is 1.35 bits per heavy atom. The maximum atomic E-state index is 12.6. The van der Waals surface area contributed by atoms with Crippen LogP contribution in [0.1, 0.15) is 11.1 Å². The first-order chi connectivity index (χ1) is 12.3. The number of aryl methyl sites for hydroxylation is 1. The van der Waals surface area contributed by atoms with Crippen LogP contribution < -0.4 is 10.1 Å². The normalized spacial score (nSPS) is 11.3. The van der Waals surface area contributed by atoms with E-state index in [0.29, 0.717) is 18.0 Å². The minimum absolute atomic E-state index is 0.0703. The Morgan fingerprint density at radius 2 is 2.08 bits per heavy atom. The number of thioether (sulfide) groups is 1. The summed E-state index contributed by atoms with van der Waals surface area (Å²) < 4.78 is 43.1. The summed E-state index contributed by atoms with van der Waals surface area (Å²) in [6.07, 6.45) is -3.74. The summed E-state index contributed by atoms with van der Waals surface area (Å²) in [5, 5.41) is 2.87. The zero-order valence-corrected chi connectivity index (χ0v) is 15.3. The van der Waals surface area contributed by atoms with Crippen LogP contribution >= 0.6 is 23.4 Å². The largest absolute Gasteiger partial charge is 0.484 e. The Hall–Kier alpha value is -1.93. The van der Waals surface area contributed by atoms with Gasteiger partial charge in [0.25, 0.3) is 5.91 Å². The smallest absolute Gasteiger partial charge is 0.417 e. The summed E-state index contributed by atoms with van der Waals surface area (Å²) in [5.74, 6) is 0.756. The summed E-state index contributed by atoms with van der Waals surface area (Å²) in [5.41, 5.74) is 0.0346. The lowest BCUT2D eigenvalue weighted by Crippen LogP contribution is -2.30. The van der Waals surface area contributed by atoms with Crippen LogP contribution in [0.15, 0.2) is 41.6 Å². The Kier molecular flexibility index (Phi) is 7.16. The standard InChI is InChI=1S/C17H16ClF3N2O2S/c1-11-4-2-3-5-14(11)25-10-15(24)22-6-7-26-16-13(18)8-12(9-23-16)17(19,20)21/h2-5,8-9H,6-7,10H2,1H3,(H,22,24). The molecule has 0 bridgehead atoms. The number of aromatic nitrogens is 1. The number of ether oxygens (including phenoxy) is 1. The monoisotopic (exact) mass is 404 g/mol. The van der Waals surface area contributed by atoms with Gasteiger partial charge in [-0.3, -0.25) is 4.79 Å². The lowest BCUT2D eigenvalue weighted by Gasteiger charge is -2.10. The first kappa shape index (κ1) is 20.4. The molecule has 9 heteroatoms. The predicted molar refractivity (Wildman–Crippen MR) is 94.7 cm³/mol. The number of amides is 1. The molecular formula is C17H16ClF3N2O2S. The van der Waals surface area contributed by atoms with Gasteiger partial charge < -0.3 is 10.1 Å². The number of benzene rings is 1. The first-order valence-electron chi connectivity index (χ1n) is 7.58. The van der Waals surface area contributed by atoms with E-state index in [4.69, 9.17) is 16.3 Å². The van der Waals surface area contributed by atoms with Crippen molar-refractivity contribution >= 4 is 29.3 Å². The molecule has 2 aromatic rings. The number of para-hydroxylation sites is 1. The molecule has 1 aromatic heterocycles. The van der Waals surface area contributed by atoms with Crippen molar-refractivity contribution in [1.82, 2.24) is 10.3 Å². The van der Waals surface area contributed by atoms with Crippen LogP contribution in [-0.4, -0.2) is 29.8 Å². The highest BCUT2D eigenvalue weighted by Gasteiger charge is 2.31. The van der Waals surface area contributed by atoms with Gasteiger partial charge in [0, 0.05) is 18.5 Å². The Labute approximate surface area is 158 Å². The molecule has 4 nitrogen and oxygen atoms in total. The number of halogens is 4. The minimum atomic E-state index is -4.48. The average molecular weight is 405 g/mol. The lowest BCUT2D eigenvalue weighted by molar-refractivity contribution is -0.137. The second-order valence-corrected chi connectivity index (χ2v) is 6.75. The molecule has 1 aromatic carbocycles. The quantitative estimate of drug-likeness (QED) is 0.550. The molecule has 0 aliphatic rings. The topological polar surface area (TPSA) is 51.2 Å². The summed E-state index contributed by atoms with van der Waals surface area (Å²) in [6, 6.07) is 8.19. The average Bonchev–Trinajstić information content (AvgIpc) is 2.58. The van der Waals surface area contributed by atoms with Crippen molar-refractivity contribution in [3.05, 3.63) is 52.7 Å². The number of hydrogen-bond acceptors (Lipinski definition) is 4. The maximum absolute atomic E-state index is 12.6. The molecule has 1 amide bonds. The van der Waals surface area contributed by atoms with Crippen molar-refractivity contribution < 1.29 is 22.7 Å². The van der Waals surface area contributed by atoms with E-state index in [1.54, 1.807) is 6.07 Å². The molecule has 0 saturated heterocycles. The predicted octanol–water partition coefficient (Wildman–Crippen LogP) is 4.35. The second kappa shape index (κ2) is 9.14. The van der Waals surface area contributed by atoms with Crippen LogP contribution in [0.2, 0.25) is 5.02 Å². The van der Waals surface area contributed by atoms with Crippen molar-refractivity contribution in [1.29, 1.82) is 0 Å². The third kappa shape index (κ3) is 6.10. The summed E-state index contributed by atoms with van der Waals surface area (Å²) >= 11 is 6.98. The van der Waals surface area contributed by atoms with Crippen LogP contribution in [0.5, 0.6) is 5.75 Å². The molecule has 0 aliphatic heterocycles. The molecule has 2 rings (SSSR count). The van der Waals surface area contributed by atoms with E-state index in [1.807, 2.05) is 25.1 Å². The van der Waals surface area contributed by atoms with E-state index in [2.05, 4.69) is 10.3 Å². The zero-order chi connectivity index (χ0) is 19.2. The van der Waals surface area contributed by atoms with Gasteiger partial charge in [-0.05, 0) is 24.6 Å². The molecule has 140 valence electrons. The van der Waals surface area contributed by atoms with Gasteiger partial charge in [-0.1, -0.05) is 29.8 Å². The van der Waals surface area contributed by atoms with Crippen LogP contribution in [0, 0.1) is 6.92 Å². The molecule has 0 aliphatic carbocycles. The first-order valence-corrected chi connectivity index (χ1v) is 8.94. The number of rotatable bonds is 7. The van der Waals surface area contributed by atoms with Gasteiger partial charge in [-0.2, -0.15) is 13.2 Å².